The molecule has 1 aliphatic heterocycles. The fraction of sp³-hybridized carbons (Fsp3) is 0.478. The summed E-state index contributed by atoms with van der Waals surface area (Å²) >= 11 is 1.31. The molecule has 1 aromatic heterocycles. The molecule has 2 heterocycles. The number of hydrogen-bond acceptors (Lipinski definition) is 6. The minimum absolute atomic E-state index is 0.259. The summed E-state index contributed by atoms with van der Waals surface area (Å²) in [6, 6.07) is 7.15. The SMILES string of the molecule is CCOC(=O)c1c(-c2cccc(OC)c2)csc1NC(=O)NCCCCN1CCCC1. The molecule has 0 spiro atoms. The lowest BCUT2D eigenvalue weighted by Crippen LogP contribution is -2.30. The molecule has 0 unspecified atom stereocenters. The maximum Gasteiger partial charge on any atom is 0.341 e. The molecule has 1 aromatic carbocycles. The van der Waals surface area contributed by atoms with Crippen LogP contribution >= 0.6 is 11.3 Å². The zero-order valence-corrected chi connectivity index (χ0v) is 19.1. The highest BCUT2D eigenvalue weighted by atomic mass is 32.1. The molecule has 0 atom stereocenters. The van der Waals surface area contributed by atoms with Gasteiger partial charge in [0.05, 0.1) is 13.7 Å². The Bertz CT molecular complexity index is 877. The van der Waals surface area contributed by atoms with Gasteiger partial charge in [0.2, 0.25) is 0 Å². The Morgan fingerprint density at radius 1 is 1.19 bits per heavy atom. The highest BCUT2D eigenvalue weighted by Crippen LogP contribution is 2.37. The predicted octanol–water partition coefficient (Wildman–Crippen LogP) is 4.60. The van der Waals surface area contributed by atoms with E-state index in [4.69, 9.17) is 9.47 Å². The van der Waals surface area contributed by atoms with Crippen LogP contribution in [-0.4, -0.2) is 56.8 Å². The standard InChI is InChI=1S/C23H31N3O4S/c1-3-30-22(27)20-19(17-9-8-10-18(15-17)29-2)16-31-21(20)25-23(28)24-11-4-5-12-26-13-6-7-14-26/h8-10,15-16H,3-7,11-14H2,1-2H3,(H2,24,25,28). The third kappa shape index (κ3) is 6.45. The van der Waals surface area contributed by atoms with Crippen molar-refractivity contribution in [3.05, 3.63) is 35.2 Å². The van der Waals surface area contributed by atoms with Gasteiger partial charge < -0.3 is 19.7 Å². The summed E-state index contributed by atoms with van der Waals surface area (Å²) in [5.41, 5.74) is 1.90. The summed E-state index contributed by atoms with van der Waals surface area (Å²) in [5.74, 6) is 0.238. The number of likely N-dealkylation sites (tertiary alicyclic amines) is 1. The van der Waals surface area contributed by atoms with Crippen LogP contribution in [0.1, 0.15) is 43.0 Å². The third-order valence-corrected chi connectivity index (χ3v) is 6.16. The maximum absolute atomic E-state index is 12.7. The highest BCUT2D eigenvalue weighted by Gasteiger charge is 2.23. The van der Waals surface area contributed by atoms with E-state index < -0.39 is 5.97 Å². The molecular weight excluding hydrogens is 414 g/mol. The van der Waals surface area contributed by atoms with E-state index in [0.29, 0.717) is 28.4 Å². The second-order valence-electron chi connectivity index (χ2n) is 7.44. The van der Waals surface area contributed by atoms with Crippen molar-refractivity contribution in [1.82, 2.24) is 10.2 Å². The highest BCUT2D eigenvalue weighted by molar-refractivity contribution is 7.15. The molecule has 0 radical (unpaired) electrons. The first-order valence-corrected chi connectivity index (χ1v) is 11.7. The summed E-state index contributed by atoms with van der Waals surface area (Å²) in [6.07, 6.45) is 4.57. The van der Waals surface area contributed by atoms with Crippen molar-refractivity contribution < 1.29 is 19.1 Å². The van der Waals surface area contributed by atoms with Crippen LogP contribution in [-0.2, 0) is 4.74 Å². The Labute approximate surface area is 187 Å². The number of rotatable bonds is 10. The Hall–Kier alpha value is -2.58. The average molecular weight is 446 g/mol. The minimum atomic E-state index is -0.456. The number of amides is 2. The van der Waals surface area contributed by atoms with Crippen LogP contribution in [0.3, 0.4) is 0 Å². The van der Waals surface area contributed by atoms with E-state index in [2.05, 4.69) is 15.5 Å². The van der Waals surface area contributed by atoms with Crippen molar-refractivity contribution in [2.75, 3.05) is 45.2 Å². The van der Waals surface area contributed by atoms with E-state index in [1.54, 1.807) is 14.0 Å². The normalized spacial score (nSPS) is 13.7. The van der Waals surface area contributed by atoms with Gasteiger partial charge in [-0.15, -0.1) is 11.3 Å². The van der Waals surface area contributed by atoms with Crippen molar-refractivity contribution in [2.45, 2.75) is 32.6 Å². The Balaban J connectivity index is 1.62. The largest absolute Gasteiger partial charge is 0.497 e. The van der Waals surface area contributed by atoms with Crippen LogP contribution in [0.5, 0.6) is 5.75 Å². The molecule has 0 saturated carbocycles. The molecule has 2 amide bonds. The number of thiophene rings is 1. The molecule has 1 saturated heterocycles. The summed E-state index contributed by atoms with van der Waals surface area (Å²) in [6.45, 7) is 6.09. The van der Waals surface area contributed by atoms with Gasteiger partial charge in [-0.25, -0.2) is 9.59 Å². The first-order chi connectivity index (χ1) is 15.1. The van der Waals surface area contributed by atoms with Crippen LogP contribution in [0.25, 0.3) is 11.1 Å². The molecule has 3 rings (SSSR count). The minimum Gasteiger partial charge on any atom is -0.497 e. The lowest BCUT2D eigenvalue weighted by atomic mass is 10.0. The van der Waals surface area contributed by atoms with E-state index in [1.807, 2.05) is 29.6 Å². The zero-order valence-electron chi connectivity index (χ0n) is 18.2. The molecule has 2 aromatic rings. The van der Waals surface area contributed by atoms with Gasteiger partial charge in [0.15, 0.2) is 0 Å². The van der Waals surface area contributed by atoms with E-state index in [-0.39, 0.29) is 12.6 Å². The summed E-state index contributed by atoms with van der Waals surface area (Å²) in [4.78, 5) is 27.5. The molecule has 8 heteroatoms. The maximum atomic E-state index is 12.7. The molecule has 1 aliphatic rings. The van der Waals surface area contributed by atoms with Crippen molar-refractivity contribution in [3.8, 4) is 16.9 Å². The Kier molecular flexibility index (Phi) is 8.73. The Morgan fingerprint density at radius 2 is 2.00 bits per heavy atom. The summed E-state index contributed by atoms with van der Waals surface area (Å²) in [7, 11) is 1.60. The second kappa shape index (κ2) is 11.7. The number of nitrogens with zero attached hydrogens (tertiary/aromatic N) is 1. The summed E-state index contributed by atoms with van der Waals surface area (Å²) in [5, 5.41) is 8.05. The monoisotopic (exact) mass is 445 g/mol. The van der Waals surface area contributed by atoms with Crippen LogP contribution in [0.2, 0.25) is 0 Å². The van der Waals surface area contributed by atoms with Gasteiger partial charge in [-0.05, 0) is 69.9 Å². The van der Waals surface area contributed by atoms with Crippen molar-refractivity contribution in [1.29, 1.82) is 0 Å². The molecule has 7 nitrogen and oxygen atoms in total. The number of carbonyl (C=O) groups excluding carboxylic acids is 2. The number of hydrogen-bond donors (Lipinski definition) is 2. The third-order valence-electron chi connectivity index (χ3n) is 5.26. The first-order valence-electron chi connectivity index (χ1n) is 10.8. The number of anilines is 1. The summed E-state index contributed by atoms with van der Waals surface area (Å²) < 4.78 is 10.5. The second-order valence-corrected chi connectivity index (χ2v) is 8.32. The lowest BCUT2D eigenvalue weighted by Gasteiger charge is -2.14. The van der Waals surface area contributed by atoms with E-state index in [0.717, 1.165) is 24.9 Å². The molecule has 31 heavy (non-hydrogen) atoms. The van der Waals surface area contributed by atoms with Crippen LogP contribution in [0.15, 0.2) is 29.6 Å². The Morgan fingerprint density at radius 3 is 2.74 bits per heavy atom. The van der Waals surface area contributed by atoms with Gasteiger partial charge in [-0.3, -0.25) is 5.32 Å². The molecule has 2 N–H and O–H groups in total. The topological polar surface area (TPSA) is 79.9 Å². The van der Waals surface area contributed by atoms with Crippen LogP contribution in [0.4, 0.5) is 9.80 Å². The lowest BCUT2D eigenvalue weighted by molar-refractivity contribution is 0.0529. The van der Waals surface area contributed by atoms with Crippen molar-refractivity contribution in [2.24, 2.45) is 0 Å². The van der Waals surface area contributed by atoms with E-state index in [1.165, 1.54) is 37.3 Å². The van der Waals surface area contributed by atoms with Gasteiger partial charge >= 0.3 is 12.0 Å². The van der Waals surface area contributed by atoms with Crippen LogP contribution < -0.4 is 15.4 Å². The molecule has 0 bridgehead atoms. The van der Waals surface area contributed by atoms with Gasteiger partial charge in [0, 0.05) is 17.5 Å². The quantitative estimate of drug-likeness (QED) is 0.413. The van der Waals surface area contributed by atoms with Crippen LogP contribution in [0, 0.1) is 0 Å². The number of unbranched alkanes of at least 4 members (excludes halogenated alkanes) is 1. The van der Waals surface area contributed by atoms with E-state index >= 15 is 0 Å². The van der Waals surface area contributed by atoms with E-state index in [9.17, 15) is 9.59 Å². The fourth-order valence-electron chi connectivity index (χ4n) is 3.67. The number of benzene rings is 1. The zero-order chi connectivity index (χ0) is 22.1. The van der Waals surface area contributed by atoms with Crippen molar-refractivity contribution >= 4 is 28.3 Å². The fourth-order valence-corrected chi connectivity index (χ4v) is 4.63. The molecular formula is C23H31N3O4S. The predicted molar refractivity (Wildman–Crippen MR) is 124 cm³/mol. The van der Waals surface area contributed by atoms with Gasteiger partial charge in [0.1, 0.15) is 16.3 Å². The number of esters is 1. The molecule has 1 fully saturated rings. The average Bonchev–Trinajstić information content (AvgIpc) is 3.44. The first kappa shape index (κ1) is 23.1. The molecule has 168 valence electrons. The van der Waals surface area contributed by atoms with Gasteiger partial charge in [-0.1, -0.05) is 12.1 Å². The molecule has 0 aliphatic carbocycles. The number of methoxy groups -OCH3 is 1. The number of urea groups is 1. The van der Waals surface area contributed by atoms with Crippen molar-refractivity contribution in [3.63, 3.8) is 0 Å². The number of carbonyl (C=O) groups is 2. The number of nitrogens with one attached hydrogen (secondary N) is 2. The van der Waals surface area contributed by atoms with Gasteiger partial charge in [0.25, 0.3) is 0 Å². The van der Waals surface area contributed by atoms with Gasteiger partial charge in [-0.2, -0.15) is 0 Å². The smallest absolute Gasteiger partial charge is 0.341 e. The number of ether oxygens (including phenoxy) is 2.